The Morgan fingerprint density at radius 1 is 0.695 bits per heavy atom. The summed E-state index contributed by atoms with van der Waals surface area (Å²) in [6.45, 7) is 3.05. The second kappa shape index (κ2) is 32.3. The highest BCUT2D eigenvalue weighted by Crippen LogP contribution is 2.18. The molecule has 0 aliphatic rings. The lowest BCUT2D eigenvalue weighted by molar-refractivity contribution is -0.140. The summed E-state index contributed by atoms with van der Waals surface area (Å²) >= 11 is 1.60. The predicted molar refractivity (Wildman–Crippen MR) is 217 cm³/mol. The number of aromatic nitrogens is 3. The summed E-state index contributed by atoms with van der Waals surface area (Å²) in [6.07, 6.45) is 7.66. The second-order valence-corrected chi connectivity index (χ2v) is 13.3. The molecule has 24 nitrogen and oxygen atoms in total. The van der Waals surface area contributed by atoms with E-state index in [-0.39, 0.29) is 18.8 Å². The summed E-state index contributed by atoms with van der Waals surface area (Å²) in [5.41, 5.74) is 38.1. The minimum atomic E-state index is -1.21. The Morgan fingerprint density at radius 3 is 1.53 bits per heavy atom. The fourth-order valence-electron chi connectivity index (χ4n) is 3.38. The molecule has 3 rings (SSSR count). The van der Waals surface area contributed by atoms with Crippen molar-refractivity contribution in [2.75, 3.05) is 18.6 Å². The number of carbonyl (C=O) groups is 7. The maximum Gasteiger partial charge on any atom is 0.322 e. The van der Waals surface area contributed by atoms with Crippen molar-refractivity contribution < 1.29 is 69.3 Å². The molecule has 0 saturated heterocycles. The number of carboxylic acid groups (broad SMARTS) is 6. The van der Waals surface area contributed by atoms with Crippen LogP contribution in [0.15, 0.2) is 43.0 Å². The van der Waals surface area contributed by atoms with Crippen molar-refractivity contribution >= 4 is 64.4 Å². The molecule has 334 valence electrons. The quantitative estimate of drug-likeness (QED) is 0.0659. The number of carbonyl (C=O) groups excluding carboxylic acids is 1. The molecule has 0 aliphatic heterocycles. The van der Waals surface area contributed by atoms with Gasteiger partial charge in [-0.2, -0.15) is 11.8 Å². The molecule has 0 spiro atoms. The number of rotatable bonds is 17. The van der Waals surface area contributed by atoms with Crippen LogP contribution in [-0.2, 0) is 46.4 Å². The number of aliphatic hydroxyl groups excluding tert-OH is 1. The number of aromatic amines is 2. The Kier molecular flexibility index (Phi) is 31.6. The van der Waals surface area contributed by atoms with Crippen LogP contribution in [0.3, 0.4) is 0 Å². The number of para-hydroxylation sites is 1. The van der Waals surface area contributed by atoms with E-state index in [4.69, 9.17) is 70.1 Å². The maximum atomic E-state index is 10.6. The number of fused-ring (bicyclic) bond motifs is 1. The van der Waals surface area contributed by atoms with E-state index in [1.807, 2.05) is 36.7 Å². The van der Waals surface area contributed by atoms with Crippen molar-refractivity contribution in [1.82, 2.24) is 15.0 Å². The number of nitrogens with zero attached hydrogens (tertiary/aromatic N) is 1. The van der Waals surface area contributed by atoms with E-state index in [1.165, 1.54) is 6.33 Å². The summed E-state index contributed by atoms with van der Waals surface area (Å²) in [6, 6.07) is 2.38. The van der Waals surface area contributed by atoms with Gasteiger partial charge in [0.2, 0.25) is 5.91 Å². The first-order valence-corrected chi connectivity index (χ1v) is 18.5. The van der Waals surface area contributed by atoms with Crippen molar-refractivity contribution in [3.8, 4) is 0 Å². The second-order valence-electron chi connectivity index (χ2n) is 12.3. The van der Waals surface area contributed by atoms with Gasteiger partial charge < -0.3 is 85.8 Å². The highest BCUT2D eigenvalue weighted by atomic mass is 32.2. The highest BCUT2D eigenvalue weighted by Gasteiger charge is 2.16. The molecule has 25 heteroatoms. The lowest BCUT2D eigenvalue weighted by atomic mass is 10.1. The summed E-state index contributed by atoms with van der Waals surface area (Å²) < 4.78 is 0. The SMILES string of the molecule is CC(C)[C@H](N)C(=O)O.CSCC[C@H](N)C(=O)O.NC(=O)C[C@H](N)C(=O)O.N[C@@H](CO)C(=O)O.N[C@@H](Cc1c[nH]c2ccccc12)C(=O)O.N[C@@H](Cc1cnc[nH]1)C(=O)O. The topological polar surface area (TPSA) is 488 Å². The van der Waals surface area contributed by atoms with Crippen LogP contribution in [0.1, 0.15) is 37.9 Å². The van der Waals surface area contributed by atoms with Crippen molar-refractivity contribution in [3.05, 3.63) is 54.2 Å². The molecule has 6 atom stereocenters. The van der Waals surface area contributed by atoms with Gasteiger partial charge in [0, 0.05) is 41.8 Å². The summed E-state index contributed by atoms with van der Waals surface area (Å²) in [5.74, 6) is -6.08. The number of primary amides is 1. The molecule has 0 saturated carbocycles. The Hall–Kier alpha value is -5.67. The monoisotopic (exact) mass is 862 g/mol. The van der Waals surface area contributed by atoms with Crippen LogP contribution in [0.5, 0.6) is 0 Å². The molecular weight excluding hydrogens is 804 g/mol. The lowest BCUT2D eigenvalue weighted by Crippen LogP contribution is -2.34. The third-order valence-electron chi connectivity index (χ3n) is 6.95. The zero-order valence-corrected chi connectivity index (χ0v) is 33.5. The normalized spacial score (nSPS) is 13.1. The van der Waals surface area contributed by atoms with Crippen molar-refractivity contribution in [2.24, 2.45) is 46.1 Å². The van der Waals surface area contributed by atoms with E-state index in [1.54, 1.807) is 31.8 Å². The molecule has 2 heterocycles. The summed E-state index contributed by atoms with van der Waals surface area (Å²) in [4.78, 5) is 80.1. The fraction of sp³-hybridized carbons (Fsp3) is 0.471. The highest BCUT2D eigenvalue weighted by molar-refractivity contribution is 7.98. The first kappa shape index (κ1) is 57.7. The predicted octanol–water partition coefficient (Wildman–Crippen LogP) is -2.64. The molecule has 0 aliphatic carbocycles. The van der Waals surface area contributed by atoms with E-state index in [2.05, 4.69) is 20.7 Å². The van der Waals surface area contributed by atoms with Crippen LogP contribution in [-0.4, -0.2) is 147 Å². The minimum absolute atomic E-state index is 0.0208. The molecule has 3 aromatic rings. The average Bonchev–Trinajstić information content (AvgIpc) is 3.84. The number of aliphatic hydroxyl groups is 1. The van der Waals surface area contributed by atoms with E-state index < -0.39 is 84.6 Å². The molecule has 1 aromatic carbocycles. The number of aliphatic carboxylic acids is 6. The van der Waals surface area contributed by atoms with Gasteiger partial charge in [0.15, 0.2) is 0 Å². The largest absolute Gasteiger partial charge is 0.480 e. The minimum Gasteiger partial charge on any atom is -0.480 e. The number of amides is 1. The molecule has 0 unspecified atom stereocenters. The number of benzene rings is 1. The molecule has 59 heavy (non-hydrogen) atoms. The van der Waals surface area contributed by atoms with Gasteiger partial charge in [-0.1, -0.05) is 32.0 Å². The number of nitrogens with two attached hydrogens (primary N) is 7. The fourth-order valence-corrected chi connectivity index (χ4v) is 3.87. The third-order valence-corrected chi connectivity index (χ3v) is 7.59. The summed E-state index contributed by atoms with van der Waals surface area (Å²) in [7, 11) is 0. The Labute approximate surface area is 342 Å². The molecule has 1 amide bonds. The molecule has 23 N–H and O–H groups in total. The van der Waals surface area contributed by atoms with Gasteiger partial charge in [-0.15, -0.1) is 0 Å². The van der Waals surface area contributed by atoms with Crippen LogP contribution in [0.4, 0.5) is 0 Å². The van der Waals surface area contributed by atoms with Gasteiger partial charge in [-0.25, -0.2) is 4.98 Å². The molecule has 0 radical (unpaired) electrons. The van der Waals surface area contributed by atoms with Crippen LogP contribution in [0.2, 0.25) is 0 Å². The molecule has 2 aromatic heterocycles. The number of hydrogen-bond donors (Lipinski definition) is 16. The van der Waals surface area contributed by atoms with Gasteiger partial charge in [0.1, 0.15) is 36.3 Å². The number of nitrogens with one attached hydrogen (secondary N) is 2. The third kappa shape index (κ3) is 29.2. The average molecular weight is 863 g/mol. The smallest absolute Gasteiger partial charge is 0.322 e. The van der Waals surface area contributed by atoms with Gasteiger partial charge >= 0.3 is 35.8 Å². The first-order valence-electron chi connectivity index (χ1n) is 17.1. The number of hydrogen-bond acceptors (Lipinski definition) is 16. The van der Waals surface area contributed by atoms with Gasteiger partial charge in [-0.3, -0.25) is 33.6 Å². The van der Waals surface area contributed by atoms with Gasteiger partial charge in [0.25, 0.3) is 0 Å². The van der Waals surface area contributed by atoms with Crippen LogP contribution >= 0.6 is 11.8 Å². The lowest BCUT2D eigenvalue weighted by Gasteiger charge is -2.07. The van der Waals surface area contributed by atoms with E-state index >= 15 is 0 Å². The first-order chi connectivity index (χ1) is 27.3. The molecular formula is C34H58N10O14S. The number of carboxylic acids is 6. The van der Waals surface area contributed by atoms with Crippen LogP contribution < -0.4 is 40.1 Å². The standard InChI is InChI=1S/C11H12N2O2.C6H9N3O2.C5H11NO2S.C5H11NO2.C4H8N2O3.C3H7NO3/c12-9(11(14)15)5-7-6-13-10-4-2-1-3-8(7)10;7-5(6(10)11)1-4-2-8-3-9-4;1-9-3-2-4(6)5(7)8;1-3(2)4(6)5(7)8;5-2(4(8)9)1-3(6)7;4-2(1-5)3(6)7/h1-4,6,9,13H,5,12H2,(H,14,15);2-3,5H,1,7H2,(H,8,9)(H,10,11);4H,2-3,6H2,1H3,(H,7,8);3-4H,6H2,1-2H3,(H,7,8);2H,1,5H2,(H2,6,7)(H,8,9);2,5H,1,4H2,(H,6,7)/t9-;5-;2*4-;2*2-/m000000/s1. The number of H-pyrrole nitrogens is 2. The Morgan fingerprint density at radius 2 is 1.19 bits per heavy atom. The molecule has 0 bridgehead atoms. The molecule has 0 fully saturated rings. The summed E-state index contributed by atoms with van der Waals surface area (Å²) in [5, 5.41) is 58.7. The number of imidazole rings is 1. The van der Waals surface area contributed by atoms with E-state index in [9.17, 15) is 33.6 Å². The van der Waals surface area contributed by atoms with Crippen molar-refractivity contribution in [1.29, 1.82) is 0 Å². The van der Waals surface area contributed by atoms with Gasteiger partial charge in [-0.05, 0) is 36.0 Å². The van der Waals surface area contributed by atoms with E-state index in [0.29, 0.717) is 12.8 Å². The Balaban J connectivity index is -0.000000653. The number of thioether (sulfide) groups is 1. The Bertz CT molecular complexity index is 1690. The van der Waals surface area contributed by atoms with Crippen molar-refractivity contribution in [2.45, 2.75) is 75.8 Å². The maximum absolute atomic E-state index is 10.6. The van der Waals surface area contributed by atoms with Gasteiger partial charge in [0.05, 0.1) is 19.4 Å². The van der Waals surface area contributed by atoms with Crippen molar-refractivity contribution in [3.63, 3.8) is 0 Å². The zero-order chi connectivity index (χ0) is 46.4. The van der Waals surface area contributed by atoms with E-state index in [0.717, 1.165) is 27.9 Å². The zero-order valence-electron chi connectivity index (χ0n) is 32.7. The van der Waals surface area contributed by atoms with Crippen LogP contribution in [0, 0.1) is 5.92 Å². The van der Waals surface area contributed by atoms with Crippen LogP contribution in [0.25, 0.3) is 10.9 Å².